The number of rotatable bonds is 6. The number of imidazole rings is 1. The van der Waals surface area contributed by atoms with Gasteiger partial charge in [0.25, 0.3) is 0 Å². The summed E-state index contributed by atoms with van der Waals surface area (Å²) < 4.78 is 2.23. The number of pyridine rings is 1. The Labute approximate surface area is 364 Å². The summed E-state index contributed by atoms with van der Waals surface area (Å²) in [6, 6.07) is 52.6. The predicted molar refractivity (Wildman–Crippen MR) is 243 cm³/mol. The average molecular weight is 954 g/mol. The summed E-state index contributed by atoms with van der Waals surface area (Å²) in [5.41, 5.74) is 14.9. The van der Waals surface area contributed by atoms with Crippen LogP contribution in [0.25, 0.3) is 72.7 Å². The number of nitrogens with zero attached hydrogens (tertiary/aromatic N) is 3. The van der Waals surface area contributed by atoms with Crippen LogP contribution in [0.5, 0.6) is 5.75 Å². The zero-order valence-corrected chi connectivity index (χ0v) is 37.7. The van der Waals surface area contributed by atoms with Gasteiger partial charge in [0.15, 0.2) is 0 Å². The minimum Gasteiger partial charge on any atom is -0.507 e. The van der Waals surface area contributed by atoms with E-state index in [1.54, 1.807) is 0 Å². The number of aromatic hydroxyl groups is 1. The largest absolute Gasteiger partial charge is 0.507 e. The molecule has 2 heterocycles. The molecule has 8 aromatic rings. The molecule has 4 nitrogen and oxygen atoms in total. The SMILES string of the molecule is CC(C)(C)c1cc(-c2cc(-c3ccccc3)ccn2)[c-]c(-c2cccc3c2nc(-c2cc(C(C)(C)C)ccc2O)n3-c2ccc(-c3ccccc3)c(C(C)(C)C)c2)c1.[Pt]. The van der Waals surface area contributed by atoms with E-state index in [9.17, 15) is 5.11 Å². The number of phenolic OH excluding ortho intramolecular Hbond substituents is 1. The van der Waals surface area contributed by atoms with E-state index >= 15 is 0 Å². The molecule has 0 fully saturated rings. The van der Waals surface area contributed by atoms with Gasteiger partial charge in [0.1, 0.15) is 11.6 Å². The summed E-state index contributed by atoms with van der Waals surface area (Å²) in [5.74, 6) is 0.874. The van der Waals surface area contributed by atoms with Crippen LogP contribution in [0.4, 0.5) is 0 Å². The molecule has 2 aromatic heterocycles. The van der Waals surface area contributed by atoms with Gasteiger partial charge in [-0.2, -0.15) is 0 Å². The third-order valence-corrected chi connectivity index (χ3v) is 11.1. The summed E-state index contributed by atoms with van der Waals surface area (Å²) in [4.78, 5) is 10.4. The first kappa shape index (κ1) is 41.6. The molecule has 0 aliphatic rings. The van der Waals surface area contributed by atoms with Crippen molar-refractivity contribution >= 4 is 11.0 Å². The molecule has 0 spiro atoms. The van der Waals surface area contributed by atoms with Gasteiger partial charge in [-0.25, -0.2) is 4.98 Å². The Morgan fingerprint density at radius 1 is 0.525 bits per heavy atom. The summed E-state index contributed by atoms with van der Waals surface area (Å²) in [6.07, 6.45) is 1.89. The number of fused-ring (bicyclic) bond motifs is 1. The summed E-state index contributed by atoms with van der Waals surface area (Å²) in [5, 5.41) is 11.6. The molecule has 0 aliphatic carbocycles. The van der Waals surface area contributed by atoms with Gasteiger partial charge >= 0.3 is 0 Å². The number of benzene rings is 6. The van der Waals surface area contributed by atoms with Crippen LogP contribution < -0.4 is 0 Å². The van der Waals surface area contributed by atoms with Crippen molar-refractivity contribution in [1.29, 1.82) is 0 Å². The predicted octanol–water partition coefficient (Wildman–Crippen LogP) is 14.2. The molecule has 0 unspecified atom stereocenters. The van der Waals surface area contributed by atoms with Crippen LogP contribution in [0, 0.1) is 6.07 Å². The van der Waals surface area contributed by atoms with E-state index in [1.807, 2.05) is 24.4 Å². The van der Waals surface area contributed by atoms with Gasteiger partial charge in [-0.1, -0.05) is 164 Å². The third kappa shape index (κ3) is 8.34. The van der Waals surface area contributed by atoms with E-state index in [0.29, 0.717) is 11.4 Å². The third-order valence-electron chi connectivity index (χ3n) is 11.1. The van der Waals surface area contributed by atoms with Crippen molar-refractivity contribution in [2.75, 3.05) is 0 Å². The maximum atomic E-state index is 11.6. The monoisotopic (exact) mass is 953 g/mol. The number of para-hydroxylation sites is 1. The van der Waals surface area contributed by atoms with Crippen LogP contribution in [0.2, 0.25) is 0 Å². The Bertz CT molecular complexity index is 2780. The first-order valence-electron chi connectivity index (χ1n) is 20.2. The average Bonchev–Trinajstić information content (AvgIpc) is 3.60. The molecule has 0 radical (unpaired) electrons. The second kappa shape index (κ2) is 15.9. The Balaban J connectivity index is 0.00000528. The van der Waals surface area contributed by atoms with Crippen molar-refractivity contribution in [2.24, 2.45) is 0 Å². The molecule has 0 saturated heterocycles. The smallest absolute Gasteiger partial charge is 0.148 e. The Hall–Kier alpha value is -5.57. The van der Waals surface area contributed by atoms with E-state index in [1.165, 1.54) is 22.3 Å². The normalized spacial score (nSPS) is 12.1. The van der Waals surface area contributed by atoms with E-state index in [4.69, 9.17) is 9.97 Å². The maximum absolute atomic E-state index is 11.6. The van der Waals surface area contributed by atoms with E-state index in [-0.39, 0.29) is 43.1 Å². The van der Waals surface area contributed by atoms with E-state index in [0.717, 1.165) is 55.8 Å². The minimum absolute atomic E-state index is 0. The van der Waals surface area contributed by atoms with Gasteiger partial charge in [0.05, 0.1) is 16.6 Å². The second-order valence-corrected chi connectivity index (χ2v) is 18.5. The molecule has 0 saturated carbocycles. The fraction of sp³-hybridized carbons (Fsp3) is 0.222. The van der Waals surface area contributed by atoms with Crippen LogP contribution in [0.15, 0.2) is 146 Å². The molecular weight excluding hydrogens is 902 g/mol. The van der Waals surface area contributed by atoms with E-state index in [2.05, 4.69) is 194 Å². The molecule has 0 atom stereocenters. The number of hydrogen-bond acceptors (Lipinski definition) is 3. The van der Waals surface area contributed by atoms with Crippen LogP contribution in [-0.2, 0) is 37.3 Å². The van der Waals surface area contributed by atoms with Crippen LogP contribution in [0.3, 0.4) is 0 Å². The quantitative estimate of drug-likeness (QED) is 0.169. The minimum atomic E-state index is -0.151. The Morgan fingerprint density at radius 2 is 1.19 bits per heavy atom. The fourth-order valence-corrected chi connectivity index (χ4v) is 7.78. The molecule has 8 rings (SSSR count). The molecule has 6 aromatic carbocycles. The van der Waals surface area contributed by atoms with Gasteiger partial charge in [0, 0.05) is 38.6 Å². The van der Waals surface area contributed by atoms with Crippen molar-refractivity contribution in [2.45, 2.75) is 78.6 Å². The number of aromatic nitrogens is 3. The molecule has 59 heavy (non-hydrogen) atoms. The standard InChI is InChI=1S/C54H52N3O.Pt/c1-52(2,3)40-23-26-49(58)45(33-40)51-56-50-44(21-16-22-48(50)57(51)42-24-25-43(36-19-14-11-15-20-36)46(34-42)54(7,8)9)38-29-39(31-41(30-38)53(4,5)6)47-32-37(27-28-55-47)35-17-12-10-13-18-35;/h10-28,30-34,58H,1-9H3;/q-1;. The van der Waals surface area contributed by atoms with Crippen LogP contribution >= 0.6 is 0 Å². The van der Waals surface area contributed by atoms with Crippen molar-refractivity contribution in [3.63, 3.8) is 0 Å². The molecule has 300 valence electrons. The maximum Gasteiger partial charge on any atom is 0.148 e. The zero-order chi connectivity index (χ0) is 41.0. The number of hydrogen-bond donors (Lipinski definition) is 1. The molecule has 0 amide bonds. The van der Waals surface area contributed by atoms with Crippen LogP contribution in [-0.4, -0.2) is 19.6 Å². The second-order valence-electron chi connectivity index (χ2n) is 18.5. The van der Waals surface area contributed by atoms with Crippen LogP contribution in [0.1, 0.15) is 79.0 Å². The molecule has 5 heteroatoms. The van der Waals surface area contributed by atoms with E-state index < -0.39 is 0 Å². The van der Waals surface area contributed by atoms with Gasteiger partial charge in [0.2, 0.25) is 0 Å². The molecule has 0 aliphatic heterocycles. The van der Waals surface area contributed by atoms with Gasteiger partial charge < -0.3 is 5.11 Å². The van der Waals surface area contributed by atoms with Gasteiger partial charge in [-0.15, -0.1) is 29.3 Å². The topological polar surface area (TPSA) is 50.9 Å². The fourth-order valence-electron chi connectivity index (χ4n) is 7.78. The van der Waals surface area contributed by atoms with Crippen molar-refractivity contribution in [3.8, 4) is 67.5 Å². The van der Waals surface area contributed by atoms with Crippen molar-refractivity contribution < 1.29 is 26.2 Å². The summed E-state index contributed by atoms with van der Waals surface area (Å²) in [7, 11) is 0. The van der Waals surface area contributed by atoms with Crippen molar-refractivity contribution in [3.05, 3.63) is 168 Å². The Kier molecular flexibility index (Phi) is 11.2. The summed E-state index contributed by atoms with van der Waals surface area (Å²) in [6.45, 7) is 20.1. The first-order chi connectivity index (χ1) is 27.6. The summed E-state index contributed by atoms with van der Waals surface area (Å²) >= 11 is 0. The first-order valence-corrected chi connectivity index (χ1v) is 20.2. The van der Waals surface area contributed by atoms with Crippen molar-refractivity contribution in [1.82, 2.24) is 14.5 Å². The number of phenols is 1. The molecule has 1 N–H and O–H groups in total. The molecular formula is C54H52N3OPt-. The van der Waals surface area contributed by atoms with Gasteiger partial charge in [-0.3, -0.25) is 9.55 Å². The Morgan fingerprint density at radius 3 is 1.85 bits per heavy atom. The zero-order valence-electron chi connectivity index (χ0n) is 35.5. The molecule has 0 bridgehead atoms. The van der Waals surface area contributed by atoms with Gasteiger partial charge in [-0.05, 0) is 86.0 Å².